The van der Waals surface area contributed by atoms with Crippen molar-refractivity contribution in [2.75, 3.05) is 49.1 Å². The van der Waals surface area contributed by atoms with Crippen molar-refractivity contribution in [1.82, 2.24) is 14.9 Å². The van der Waals surface area contributed by atoms with Crippen LogP contribution in [0.4, 0.5) is 15.9 Å². The van der Waals surface area contributed by atoms with E-state index in [-0.39, 0.29) is 17.6 Å². The lowest BCUT2D eigenvalue weighted by Crippen LogP contribution is -2.53. The van der Waals surface area contributed by atoms with Crippen LogP contribution in [0.3, 0.4) is 0 Å². The van der Waals surface area contributed by atoms with Crippen LogP contribution in [0.2, 0.25) is 0 Å². The van der Waals surface area contributed by atoms with Crippen molar-refractivity contribution in [3.63, 3.8) is 0 Å². The van der Waals surface area contributed by atoms with Crippen molar-refractivity contribution in [3.05, 3.63) is 72.3 Å². The molecule has 3 aromatic rings. The van der Waals surface area contributed by atoms with Gasteiger partial charge in [-0.15, -0.1) is 0 Å². The Balaban J connectivity index is 1.23. The van der Waals surface area contributed by atoms with Crippen molar-refractivity contribution >= 4 is 29.2 Å². The van der Waals surface area contributed by atoms with Crippen LogP contribution in [0.15, 0.2) is 70.8 Å². The number of para-hydroxylation sites is 1. The highest BCUT2D eigenvalue weighted by Crippen LogP contribution is 2.34. The second kappa shape index (κ2) is 10.6. The number of carbonyl (C=O) groups is 1. The molecule has 2 aromatic carbocycles. The summed E-state index contributed by atoms with van der Waals surface area (Å²) in [5.41, 5.74) is 1.84. The van der Waals surface area contributed by atoms with Gasteiger partial charge in [0.2, 0.25) is 5.91 Å². The quantitative estimate of drug-likeness (QED) is 0.518. The Labute approximate surface area is 210 Å². The molecule has 1 atom stereocenters. The molecule has 0 N–H and O–H groups in total. The molecule has 6 nitrogen and oxygen atoms in total. The first-order valence-corrected chi connectivity index (χ1v) is 13.0. The summed E-state index contributed by atoms with van der Waals surface area (Å²) in [5.74, 6) is 0.765. The first-order valence-electron chi connectivity index (χ1n) is 12.2. The Morgan fingerprint density at radius 2 is 1.69 bits per heavy atom. The zero-order valence-corrected chi connectivity index (χ0v) is 20.8. The monoisotopic (exact) mass is 491 g/mol. The molecule has 1 amide bonds. The minimum atomic E-state index is -0.210. The van der Waals surface area contributed by atoms with E-state index in [1.54, 1.807) is 36.3 Å². The van der Waals surface area contributed by atoms with Gasteiger partial charge in [-0.1, -0.05) is 41.6 Å². The lowest BCUT2D eigenvalue weighted by atomic mass is 9.96. The molecule has 3 heterocycles. The van der Waals surface area contributed by atoms with Crippen LogP contribution in [0.5, 0.6) is 0 Å². The van der Waals surface area contributed by atoms with Gasteiger partial charge in [0.15, 0.2) is 5.82 Å². The SMILES string of the molecule is Cc1ccc(Sc2nccnc2N2CCC[C@H](C(=O)N3CCN(c4ccccc4F)CC3)C2)cc1. The van der Waals surface area contributed by atoms with Gasteiger partial charge in [-0.3, -0.25) is 4.79 Å². The van der Waals surface area contributed by atoms with Gasteiger partial charge in [0, 0.05) is 56.6 Å². The molecule has 2 saturated heterocycles. The fourth-order valence-corrected chi connectivity index (χ4v) is 5.71. The van der Waals surface area contributed by atoms with E-state index in [0.29, 0.717) is 38.4 Å². The third-order valence-corrected chi connectivity index (χ3v) is 7.73. The average molecular weight is 492 g/mol. The van der Waals surface area contributed by atoms with Crippen LogP contribution >= 0.6 is 11.8 Å². The standard InChI is InChI=1S/C27H30FN5OS/c1-20-8-10-22(11-9-20)35-26-25(29-12-13-30-26)33-14-4-5-21(19-33)27(34)32-17-15-31(16-18-32)24-7-3-2-6-23(24)28/h2-3,6-13,21H,4-5,14-19H2,1H3/t21-/m0/s1. The molecule has 2 aliphatic rings. The van der Waals surface area contributed by atoms with Gasteiger partial charge in [-0.2, -0.15) is 0 Å². The molecule has 1 aromatic heterocycles. The summed E-state index contributed by atoms with van der Waals surface area (Å²) in [5, 5.41) is 0.864. The van der Waals surface area contributed by atoms with Gasteiger partial charge in [0.1, 0.15) is 10.8 Å². The number of anilines is 2. The van der Waals surface area contributed by atoms with Crippen LogP contribution in [0.25, 0.3) is 0 Å². The van der Waals surface area contributed by atoms with E-state index in [0.717, 1.165) is 35.1 Å². The third-order valence-electron chi connectivity index (χ3n) is 6.74. The normalized spacial score (nSPS) is 18.6. The van der Waals surface area contributed by atoms with Crippen molar-refractivity contribution in [1.29, 1.82) is 0 Å². The van der Waals surface area contributed by atoms with Crippen LogP contribution in [-0.4, -0.2) is 60.0 Å². The minimum absolute atomic E-state index is 0.0667. The summed E-state index contributed by atoms with van der Waals surface area (Å²) in [7, 11) is 0. The zero-order chi connectivity index (χ0) is 24.2. The smallest absolute Gasteiger partial charge is 0.227 e. The number of aromatic nitrogens is 2. The van der Waals surface area contributed by atoms with Gasteiger partial charge in [0.05, 0.1) is 11.6 Å². The summed E-state index contributed by atoms with van der Waals surface area (Å²) < 4.78 is 14.2. The highest BCUT2D eigenvalue weighted by atomic mass is 32.2. The van der Waals surface area contributed by atoms with E-state index < -0.39 is 0 Å². The van der Waals surface area contributed by atoms with Gasteiger partial charge in [-0.05, 0) is 44.0 Å². The largest absolute Gasteiger partial charge is 0.366 e. The molecule has 2 aliphatic heterocycles. The minimum Gasteiger partial charge on any atom is -0.366 e. The summed E-state index contributed by atoms with van der Waals surface area (Å²) in [6, 6.07) is 15.2. The van der Waals surface area contributed by atoms with E-state index in [4.69, 9.17) is 0 Å². The van der Waals surface area contributed by atoms with Crippen LogP contribution < -0.4 is 9.80 Å². The van der Waals surface area contributed by atoms with E-state index in [1.165, 1.54) is 11.6 Å². The maximum absolute atomic E-state index is 14.2. The van der Waals surface area contributed by atoms with Crippen LogP contribution in [0.1, 0.15) is 18.4 Å². The number of amides is 1. The molecule has 0 aliphatic carbocycles. The summed E-state index contributed by atoms with van der Waals surface area (Å²) >= 11 is 1.61. The first kappa shape index (κ1) is 23.6. The first-order chi connectivity index (χ1) is 17.1. The van der Waals surface area contributed by atoms with Crippen molar-refractivity contribution in [2.24, 2.45) is 5.92 Å². The highest BCUT2D eigenvalue weighted by Gasteiger charge is 2.32. The molecular weight excluding hydrogens is 461 g/mol. The maximum Gasteiger partial charge on any atom is 0.227 e. The highest BCUT2D eigenvalue weighted by molar-refractivity contribution is 7.99. The predicted molar refractivity (Wildman–Crippen MR) is 137 cm³/mol. The Bertz CT molecular complexity index is 1170. The van der Waals surface area contributed by atoms with Gasteiger partial charge in [-0.25, -0.2) is 14.4 Å². The molecule has 0 radical (unpaired) electrons. The number of piperidine rings is 1. The molecule has 5 rings (SSSR count). The molecule has 0 bridgehead atoms. The fraction of sp³-hybridized carbons (Fsp3) is 0.370. The number of aryl methyl sites for hydroxylation is 1. The molecule has 0 spiro atoms. The maximum atomic E-state index is 14.2. The Hall–Kier alpha value is -3.13. The number of hydrogen-bond donors (Lipinski definition) is 0. The lowest BCUT2D eigenvalue weighted by Gasteiger charge is -2.40. The van der Waals surface area contributed by atoms with Gasteiger partial charge in [0.25, 0.3) is 0 Å². The second-order valence-corrected chi connectivity index (χ2v) is 10.2. The summed E-state index contributed by atoms with van der Waals surface area (Å²) in [6.45, 7) is 6.10. The molecular formula is C27H30FN5OS. The summed E-state index contributed by atoms with van der Waals surface area (Å²) in [6.07, 6.45) is 5.27. The number of nitrogens with zero attached hydrogens (tertiary/aromatic N) is 5. The fourth-order valence-electron chi connectivity index (χ4n) is 4.83. The number of piperazine rings is 1. The molecule has 35 heavy (non-hydrogen) atoms. The molecule has 8 heteroatoms. The zero-order valence-electron chi connectivity index (χ0n) is 19.9. The second-order valence-electron chi connectivity index (χ2n) is 9.15. The van der Waals surface area contributed by atoms with Crippen LogP contribution in [0, 0.1) is 18.7 Å². The van der Waals surface area contributed by atoms with Gasteiger partial charge < -0.3 is 14.7 Å². The van der Waals surface area contributed by atoms with Crippen molar-refractivity contribution in [3.8, 4) is 0 Å². The Morgan fingerprint density at radius 3 is 2.46 bits per heavy atom. The van der Waals surface area contributed by atoms with E-state index in [9.17, 15) is 9.18 Å². The van der Waals surface area contributed by atoms with Crippen molar-refractivity contribution in [2.45, 2.75) is 29.7 Å². The Kier molecular flexibility index (Phi) is 7.18. The number of halogens is 1. The predicted octanol–water partition coefficient (Wildman–Crippen LogP) is 4.64. The molecule has 182 valence electrons. The van der Waals surface area contributed by atoms with Gasteiger partial charge >= 0.3 is 0 Å². The van der Waals surface area contributed by atoms with E-state index in [1.807, 2.05) is 15.9 Å². The van der Waals surface area contributed by atoms with E-state index in [2.05, 4.69) is 46.1 Å². The molecule has 2 fully saturated rings. The third kappa shape index (κ3) is 5.42. The number of rotatable bonds is 5. The molecule has 0 saturated carbocycles. The molecule has 0 unspecified atom stereocenters. The van der Waals surface area contributed by atoms with E-state index >= 15 is 0 Å². The lowest BCUT2D eigenvalue weighted by molar-refractivity contribution is -0.136. The number of hydrogen-bond acceptors (Lipinski definition) is 6. The van der Waals surface area contributed by atoms with Crippen molar-refractivity contribution < 1.29 is 9.18 Å². The number of benzene rings is 2. The summed E-state index contributed by atoms with van der Waals surface area (Å²) in [4.78, 5) is 30.0. The average Bonchev–Trinajstić information content (AvgIpc) is 2.90. The topological polar surface area (TPSA) is 52.6 Å². The van der Waals surface area contributed by atoms with Crippen LogP contribution in [-0.2, 0) is 4.79 Å². The number of carbonyl (C=O) groups excluding carboxylic acids is 1. The Morgan fingerprint density at radius 1 is 0.943 bits per heavy atom.